The third-order valence-corrected chi connectivity index (χ3v) is 6.30. The third-order valence-electron chi connectivity index (χ3n) is 4.69. The number of halogens is 1. The fourth-order valence-electron chi connectivity index (χ4n) is 3.20. The molecule has 0 spiro atoms. The van der Waals surface area contributed by atoms with E-state index in [1.54, 1.807) is 43.3 Å². The Bertz CT molecular complexity index is 1300. The van der Waals surface area contributed by atoms with Crippen LogP contribution in [0, 0.1) is 0 Å². The van der Waals surface area contributed by atoms with Gasteiger partial charge >= 0.3 is 0 Å². The van der Waals surface area contributed by atoms with Crippen LogP contribution in [0.3, 0.4) is 0 Å². The zero-order valence-electron chi connectivity index (χ0n) is 17.6. The number of carbonyl (C=O) groups is 1. The summed E-state index contributed by atoms with van der Waals surface area (Å²) in [5, 5.41) is 3.11. The molecule has 1 aliphatic rings. The molecule has 3 aromatic rings. The number of ether oxygens (including phenoxy) is 3. The molecule has 2 N–H and O–H groups in total. The molecule has 1 amide bonds. The van der Waals surface area contributed by atoms with Gasteiger partial charge in [-0.25, -0.2) is 8.42 Å². The number of benzene rings is 3. The molecule has 3 aromatic carbocycles. The normalized spacial score (nSPS) is 12.7. The van der Waals surface area contributed by atoms with Crippen molar-refractivity contribution in [3.63, 3.8) is 0 Å². The summed E-state index contributed by atoms with van der Waals surface area (Å²) >= 11 is 5.97. The number of fused-ring (bicyclic) bond motifs is 1. The second kappa shape index (κ2) is 9.60. The number of sulfonamides is 1. The number of anilines is 2. The maximum Gasteiger partial charge on any atom is 0.261 e. The van der Waals surface area contributed by atoms with Gasteiger partial charge in [-0.15, -0.1) is 0 Å². The summed E-state index contributed by atoms with van der Waals surface area (Å²) in [5.41, 5.74) is 0.858. The smallest absolute Gasteiger partial charge is 0.261 e. The monoisotopic (exact) mass is 488 g/mol. The minimum absolute atomic E-state index is 0.0535. The summed E-state index contributed by atoms with van der Waals surface area (Å²) in [5.74, 6) is 0.901. The summed E-state index contributed by atoms with van der Waals surface area (Å²) < 4.78 is 45.1. The first-order valence-electron chi connectivity index (χ1n) is 10.1. The Labute approximate surface area is 196 Å². The lowest BCUT2D eigenvalue weighted by Gasteiger charge is -2.19. The molecule has 0 fully saturated rings. The maximum atomic E-state index is 13.0. The lowest BCUT2D eigenvalue weighted by Crippen LogP contribution is -2.17. The van der Waals surface area contributed by atoms with Gasteiger partial charge in [0.15, 0.2) is 11.5 Å². The minimum atomic E-state index is -3.98. The molecule has 33 heavy (non-hydrogen) atoms. The van der Waals surface area contributed by atoms with Gasteiger partial charge in [-0.2, -0.15) is 0 Å². The van der Waals surface area contributed by atoms with Crippen molar-refractivity contribution in [2.75, 3.05) is 29.9 Å². The molecule has 0 aliphatic carbocycles. The molecule has 0 saturated carbocycles. The number of carbonyl (C=O) groups excluding carboxylic acids is 1. The summed E-state index contributed by atoms with van der Waals surface area (Å²) in [6.45, 7) is 2.95. The highest BCUT2D eigenvalue weighted by Gasteiger charge is 2.20. The van der Waals surface area contributed by atoms with E-state index in [4.69, 9.17) is 25.8 Å². The molecule has 4 rings (SSSR count). The zero-order valence-corrected chi connectivity index (χ0v) is 19.2. The van der Waals surface area contributed by atoms with Crippen LogP contribution < -0.4 is 24.2 Å². The molecule has 0 unspecified atom stereocenters. The van der Waals surface area contributed by atoms with Gasteiger partial charge in [0.1, 0.15) is 19.0 Å². The number of hydrogen-bond acceptors (Lipinski definition) is 6. The van der Waals surface area contributed by atoms with Gasteiger partial charge in [-0.05, 0) is 55.5 Å². The van der Waals surface area contributed by atoms with Crippen LogP contribution in [0.1, 0.15) is 17.3 Å². The Kier molecular flexibility index (Phi) is 6.62. The fourth-order valence-corrected chi connectivity index (χ4v) is 4.47. The van der Waals surface area contributed by atoms with Gasteiger partial charge in [0, 0.05) is 16.7 Å². The number of hydrogen-bond donors (Lipinski definition) is 2. The second-order valence-corrected chi connectivity index (χ2v) is 9.14. The van der Waals surface area contributed by atoms with E-state index in [1.165, 1.54) is 24.3 Å². The molecule has 0 atom stereocenters. The van der Waals surface area contributed by atoms with Crippen LogP contribution in [0.25, 0.3) is 0 Å². The summed E-state index contributed by atoms with van der Waals surface area (Å²) in [7, 11) is -3.98. The quantitative estimate of drug-likeness (QED) is 0.505. The van der Waals surface area contributed by atoms with Crippen LogP contribution in [-0.4, -0.2) is 34.1 Å². The second-order valence-electron chi connectivity index (χ2n) is 7.02. The van der Waals surface area contributed by atoms with Crippen molar-refractivity contribution in [2.45, 2.75) is 11.8 Å². The first-order chi connectivity index (χ1) is 15.9. The van der Waals surface area contributed by atoms with E-state index in [0.717, 1.165) is 0 Å². The van der Waals surface area contributed by atoms with Crippen molar-refractivity contribution < 1.29 is 27.4 Å². The molecule has 0 aromatic heterocycles. The first-order valence-corrected chi connectivity index (χ1v) is 12.0. The highest BCUT2D eigenvalue weighted by atomic mass is 35.5. The third kappa shape index (κ3) is 5.32. The van der Waals surface area contributed by atoms with Gasteiger partial charge in [0.25, 0.3) is 15.9 Å². The SMILES string of the molecule is CCOc1ccc(S(=O)(=O)Nc2ccc3c(c2)OCCO3)cc1NC(=O)c1cccc(Cl)c1. The molecular weight excluding hydrogens is 468 g/mol. The van der Waals surface area contributed by atoms with Crippen LogP contribution in [0.5, 0.6) is 17.2 Å². The van der Waals surface area contributed by atoms with Gasteiger partial charge in [-0.3, -0.25) is 9.52 Å². The molecular formula is C23H21ClN2O6S. The van der Waals surface area contributed by atoms with Crippen molar-refractivity contribution in [1.82, 2.24) is 0 Å². The molecule has 8 nitrogen and oxygen atoms in total. The Morgan fingerprint density at radius 2 is 1.82 bits per heavy atom. The zero-order chi connectivity index (χ0) is 23.4. The van der Waals surface area contributed by atoms with Crippen molar-refractivity contribution in [2.24, 2.45) is 0 Å². The largest absolute Gasteiger partial charge is 0.492 e. The number of nitrogens with one attached hydrogen (secondary N) is 2. The van der Waals surface area contributed by atoms with Gasteiger partial charge in [0.05, 0.1) is 22.9 Å². The molecule has 1 aliphatic heterocycles. The van der Waals surface area contributed by atoms with Crippen LogP contribution in [-0.2, 0) is 10.0 Å². The lowest BCUT2D eigenvalue weighted by atomic mass is 10.2. The standard InChI is InChI=1S/C23H21ClN2O6S/c1-2-30-20-9-7-18(14-19(20)25-23(27)15-4-3-5-16(24)12-15)33(28,29)26-17-6-8-21-22(13-17)32-11-10-31-21/h3-9,12-14,26H,2,10-11H2,1H3,(H,25,27). The van der Waals surface area contributed by atoms with Crippen molar-refractivity contribution in [1.29, 1.82) is 0 Å². The van der Waals surface area contributed by atoms with Crippen molar-refractivity contribution in [3.8, 4) is 17.2 Å². The fraction of sp³-hybridized carbons (Fsp3) is 0.174. The maximum absolute atomic E-state index is 13.0. The molecule has 1 heterocycles. The number of rotatable bonds is 7. The van der Waals surface area contributed by atoms with Gasteiger partial charge in [0.2, 0.25) is 0 Å². The van der Waals surface area contributed by atoms with Crippen LogP contribution in [0.15, 0.2) is 65.6 Å². The predicted molar refractivity (Wildman–Crippen MR) is 125 cm³/mol. The highest BCUT2D eigenvalue weighted by molar-refractivity contribution is 7.92. The van der Waals surface area contributed by atoms with E-state index in [-0.39, 0.29) is 10.6 Å². The summed E-state index contributed by atoms with van der Waals surface area (Å²) in [4.78, 5) is 12.6. The topological polar surface area (TPSA) is 103 Å². The van der Waals surface area contributed by atoms with E-state index >= 15 is 0 Å². The first kappa shape index (κ1) is 22.8. The van der Waals surface area contributed by atoms with E-state index in [9.17, 15) is 13.2 Å². The summed E-state index contributed by atoms with van der Waals surface area (Å²) in [6, 6.07) is 15.4. The van der Waals surface area contributed by atoms with Crippen LogP contribution in [0.2, 0.25) is 5.02 Å². The van der Waals surface area contributed by atoms with E-state index < -0.39 is 15.9 Å². The summed E-state index contributed by atoms with van der Waals surface area (Å²) in [6.07, 6.45) is 0. The van der Waals surface area contributed by atoms with Gasteiger partial charge < -0.3 is 19.5 Å². The number of amides is 1. The van der Waals surface area contributed by atoms with Crippen molar-refractivity contribution >= 4 is 38.9 Å². The average Bonchev–Trinajstić information content (AvgIpc) is 2.80. The molecule has 172 valence electrons. The molecule has 0 bridgehead atoms. The predicted octanol–water partition coefficient (Wildman–Crippen LogP) is 4.56. The average molecular weight is 489 g/mol. The van der Waals surface area contributed by atoms with E-state index in [2.05, 4.69) is 10.0 Å². The Hall–Kier alpha value is -3.43. The molecule has 10 heteroatoms. The Balaban J connectivity index is 1.61. The van der Waals surface area contributed by atoms with E-state index in [0.29, 0.717) is 53.3 Å². The molecule has 0 radical (unpaired) electrons. The van der Waals surface area contributed by atoms with Crippen molar-refractivity contribution in [3.05, 3.63) is 71.2 Å². The van der Waals surface area contributed by atoms with Gasteiger partial charge in [-0.1, -0.05) is 17.7 Å². The van der Waals surface area contributed by atoms with Crippen LogP contribution in [0.4, 0.5) is 11.4 Å². The lowest BCUT2D eigenvalue weighted by molar-refractivity contribution is 0.102. The highest BCUT2D eigenvalue weighted by Crippen LogP contribution is 2.34. The van der Waals surface area contributed by atoms with Crippen LogP contribution >= 0.6 is 11.6 Å². The minimum Gasteiger partial charge on any atom is -0.492 e. The molecule has 0 saturated heterocycles. The van der Waals surface area contributed by atoms with E-state index in [1.807, 2.05) is 0 Å². The Morgan fingerprint density at radius 3 is 2.58 bits per heavy atom. The Morgan fingerprint density at radius 1 is 1.03 bits per heavy atom.